The molecule has 34 heavy (non-hydrogen) atoms. The third-order valence-corrected chi connectivity index (χ3v) is 8.31. The summed E-state index contributed by atoms with van der Waals surface area (Å²) in [5.74, 6) is 0. The smallest absolute Gasteiger partial charge is 0.423 e. The molecule has 0 amide bonds. The Morgan fingerprint density at radius 1 is 0.735 bits per heavy atom. The summed E-state index contributed by atoms with van der Waals surface area (Å²) in [6.07, 6.45) is 1.46. The average molecular weight is 607 g/mol. The van der Waals surface area contributed by atoms with E-state index in [2.05, 4.69) is 33.3 Å². The summed E-state index contributed by atoms with van der Waals surface area (Å²) >= 11 is 0. The third-order valence-electron chi connectivity index (χ3n) is 2.55. The van der Waals surface area contributed by atoms with Gasteiger partial charge in [-0.05, 0) is 20.9 Å². The Morgan fingerprint density at radius 2 is 0.912 bits per heavy atom. The summed E-state index contributed by atoms with van der Waals surface area (Å²) in [5.41, 5.74) is 4.50. The van der Waals surface area contributed by atoms with Crippen molar-refractivity contribution < 1.29 is 95.5 Å². The minimum atomic E-state index is -4.00. The minimum absolute atomic E-state index is 0. The van der Waals surface area contributed by atoms with Gasteiger partial charge in [-0.3, -0.25) is 0 Å². The van der Waals surface area contributed by atoms with Gasteiger partial charge in [0.15, 0.2) is 0 Å². The molecule has 208 valence electrons. The predicted octanol–water partition coefficient (Wildman–Crippen LogP) is -5.19. The van der Waals surface area contributed by atoms with Crippen molar-refractivity contribution >= 4 is 40.5 Å². The number of nitrogens with zero attached hydrogens (tertiary/aromatic N) is 4. The number of rotatable bonds is 9. The van der Waals surface area contributed by atoms with E-state index in [0.29, 0.717) is 0 Å². The second-order valence-electron chi connectivity index (χ2n) is 5.53. The maximum atomic E-state index is 11.0. The van der Waals surface area contributed by atoms with Gasteiger partial charge in [-0.2, -0.15) is 0 Å². The van der Waals surface area contributed by atoms with Gasteiger partial charge in [0.25, 0.3) is 0 Å². The maximum absolute atomic E-state index is 11.0. The van der Waals surface area contributed by atoms with E-state index in [-0.39, 0.29) is 71.1 Å². The van der Waals surface area contributed by atoms with Crippen LogP contribution in [0, 0.1) is 0 Å². The van der Waals surface area contributed by atoms with E-state index in [4.69, 9.17) is 5.11 Å². The Kier molecular flexibility index (Phi) is 36.6. The van der Waals surface area contributed by atoms with Crippen LogP contribution in [0.5, 0.6) is 0 Å². The molecular formula is C14H43KN6O9S4. The minimum Gasteiger partial charge on any atom is -0.423 e. The maximum Gasteiger partial charge on any atom is 1.00 e. The predicted molar refractivity (Wildman–Crippen MR) is 132 cm³/mol. The number of hydrogen-bond acceptors (Lipinski definition) is 10. The molecule has 0 unspecified atom stereocenters. The molecule has 0 aromatic heterocycles. The van der Waals surface area contributed by atoms with Gasteiger partial charge in [0.05, 0.1) is 33.6 Å². The molecule has 0 saturated carbocycles. The average Bonchev–Trinajstić information content (AvgIpc) is 2.65. The van der Waals surface area contributed by atoms with Gasteiger partial charge in [-0.1, -0.05) is 13.8 Å². The van der Waals surface area contributed by atoms with E-state index in [1.165, 1.54) is 27.7 Å². The number of aliphatic hydroxyl groups is 1. The molecule has 0 aliphatic heterocycles. The van der Waals surface area contributed by atoms with Crippen LogP contribution in [0.1, 0.15) is 27.7 Å². The summed E-state index contributed by atoms with van der Waals surface area (Å²) in [7, 11) is -9.61. The number of nitrogens with two attached hydrogens (primary N) is 2. The van der Waals surface area contributed by atoms with Gasteiger partial charge in [-0.25, -0.2) is 42.3 Å². The van der Waals surface area contributed by atoms with Gasteiger partial charge < -0.3 is 24.4 Å². The Morgan fingerprint density at radius 3 is 1.00 bits per heavy atom. The molecule has 0 heterocycles. The molecule has 0 aromatic rings. The van der Waals surface area contributed by atoms with Gasteiger partial charge in [0.1, 0.15) is 20.4 Å². The van der Waals surface area contributed by atoms with Gasteiger partial charge >= 0.3 is 51.4 Å². The summed E-state index contributed by atoms with van der Waals surface area (Å²) in [4.78, 5) is 0. The van der Waals surface area contributed by atoms with Crippen LogP contribution < -0.4 is 62.4 Å². The van der Waals surface area contributed by atoms with Crippen LogP contribution in [0.25, 0.3) is 8.25 Å². The molecule has 0 spiro atoms. The Balaban J connectivity index is -0.0000000837. The third kappa shape index (κ3) is 37.7. The molecular weight excluding hydrogens is 564 g/mol. The first kappa shape index (κ1) is 48.2. The number of quaternary nitrogens is 1. The van der Waals surface area contributed by atoms with Crippen molar-refractivity contribution in [1.29, 1.82) is 0 Å². The molecule has 0 aromatic carbocycles. The normalized spacial score (nSPS) is 11.2. The monoisotopic (exact) mass is 606 g/mol. The first-order chi connectivity index (χ1) is 14.7. The van der Waals surface area contributed by atoms with Crippen LogP contribution in [-0.2, 0) is 40.5 Å². The number of sulfonamides is 2. The van der Waals surface area contributed by atoms with Crippen LogP contribution >= 0.6 is 0 Å². The fraction of sp³-hybridized carbons (Fsp3) is 1.00. The van der Waals surface area contributed by atoms with Crippen molar-refractivity contribution in [1.82, 2.24) is 8.61 Å². The molecule has 15 nitrogen and oxygen atoms in total. The zero-order valence-electron chi connectivity index (χ0n) is 22.1. The van der Waals surface area contributed by atoms with Gasteiger partial charge in [-0.15, -0.1) is 0 Å². The van der Waals surface area contributed by atoms with Crippen LogP contribution in [0.15, 0.2) is 0 Å². The summed E-state index contributed by atoms with van der Waals surface area (Å²) in [6, 6.07) is 0. The van der Waals surface area contributed by atoms with Crippen LogP contribution in [0.4, 0.5) is 0 Å². The van der Waals surface area contributed by atoms with E-state index in [1.807, 2.05) is 0 Å². The molecule has 0 rings (SSSR count). The zero-order chi connectivity index (χ0) is 28.1. The van der Waals surface area contributed by atoms with Crippen LogP contribution in [0.2, 0.25) is 0 Å². The Labute approximate surface area is 250 Å². The standard InChI is InChI=1S/2C4H11N2O4S2.C3H9N.C2H6O.CH5N.K/c2*1-4-6(2)12(9,10)5-11(3,7)8;1-3-4-2;1-2-3;1-2;/h2*4H2,1-3H3;4H,3H2,1-2H3;3H,2H2,1H3;2H2,1H3;/q2*-1;;;;+1/p+1. The SMILES string of the molecule is CCN(C)S(=O)(=O)[N-]S(C)(=O)=O.CCN(C)S(=O)(=O)[N-]S(C)(=O)=O.CCO.CC[NH2+]C.CN.[K+]. The van der Waals surface area contributed by atoms with Crippen LogP contribution in [0.3, 0.4) is 0 Å². The summed E-state index contributed by atoms with van der Waals surface area (Å²) in [5, 5.41) is 9.69. The van der Waals surface area contributed by atoms with Crippen molar-refractivity contribution in [2.75, 3.05) is 66.9 Å². The second-order valence-corrected chi connectivity index (χ2v) is 12.7. The van der Waals surface area contributed by atoms with Crippen molar-refractivity contribution in [3.05, 3.63) is 8.25 Å². The summed E-state index contributed by atoms with van der Waals surface area (Å²) in [6.45, 7) is 8.77. The van der Waals surface area contributed by atoms with Gasteiger partial charge in [0.2, 0.25) is 0 Å². The fourth-order valence-electron chi connectivity index (χ4n) is 0.782. The molecule has 0 aliphatic rings. The Bertz CT molecular complexity index is 795. The molecule has 0 fully saturated rings. The fourth-order valence-corrected chi connectivity index (χ4v) is 5.08. The Hall–Kier alpha value is 1.16. The van der Waals surface area contributed by atoms with E-state index < -0.39 is 40.5 Å². The molecule has 0 bridgehead atoms. The molecule has 5 N–H and O–H groups in total. The molecule has 20 heteroatoms. The first-order valence-corrected chi connectivity index (χ1v) is 16.0. The molecule has 0 aliphatic carbocycles. The van der Waals surface area contributed by atoms with Crippen LogP contribution in [-0.4, -0.2) is 114 Å². The van der Waals surface area contributed by atoms with Crippen molar-refractivity contribution in [3.8, 4) is 0 Å². The van der Waals surface area contributed by atoms with Crippen molar-refractivity contribution in [2.45, 2.75) is 27.7 Å². The number of aliphatic hydroxyl groups excluding tert-OH is 1. The summed E-state index contributed by atoms with van der Waals surface area (Å²) < 4.78 is 92.9. The number of hydrogen-bond donors (Lipinski definition) is 3. The second kappa shape index (κ2) is 25.8. The van der Waals surface area contributed by atoms with Gasteiger partial charge in [0, 0.05) is 46.3 Å². The van der Waals surface area contributed by atoms with Crippen molar-refractivity contribution in [2.24, 2.45) is 5.73 Å². The van der Waals surface area contributed by atoms with Crippen molar-refractivity contribution in [3.63, 3.8) is 0 Å². The first-order valence-electron chi connectivity index (χ1n) is 9.48. The molecule has 0 atom stereocenters. The largest absolute Gasteiger partial charge is 1.00 e. The zero-order valence-corrected chi connectivity index (χ0v) is 28.5. The van der Waals surface area contributed by atoms with E-state index in [0.717, 1.165) is 21.1 Å². The van der Waals surface area contributed by atoms with E-state index >= 15 is 0 Å². The van der Waals surface area contributed by atoms with E-state index in [9.17, 15) is 33.7 Å². The topological polar surface area (TPSA) is 234 Å². The molecule has 0 radical (unpaired) electrons. The molecule has 0 saturated heterocycles. The quantitative estimate of drug-likeness (QED) is 0.211. The van der Waals surface area contributed by atoms with E-state index in [1.54, 1.807) is 20.8 Å².